The Kier molecular flexibility index (Phi) is 5.62. The zero-order valence-corrected chi connectivity index (χ0v) is 17.9. The monoisotopic (exact) mass is 449 g/mol. The van der Waals surface area contributed by atoms with Crippen LogP contribution in [-0.4, -0.2) is 59.4 Å². The number of anilines is 1. The van der Waals surface area contributed by atoms with Crippen LogP contribution in [0.3, 0.4) is 0 Å². The number of carbonyl (C=O) groups is 1. The number of carbonyl (C=O) groups excluding carboxylic acids is 1. The highest BCUT2D eigenvalue weighted by atomic mass is 35.6. The van der Waals surface area contributed by atoms with Crippen molar-refractivity contribution in [2.45, 2.75) is 3.79 Å². The second-order valence-electron chi connectivity index (χ2n) is 6.94. The van der Waals surface area contributed by atoms with E-state index in [0.717, 1.165) is 43.2 Å². The minimum absolute atomic E-state index is 0.0337. The molecule has 0 bridgehead atoms. The number of rotatable bonds is 3. The first kappa shape index (κ1) is 20.3. The van der Waals surface area contributed by atoms with Gasteiger partial charge in [0.25, 0.3) is 0 Å². The standard InChI is InChI=1S/C20H18Cl3N5O/c1-27-8-10-28(11-9-27)19-25-17(24-18(26-19)20(21,22)23)15-7-6-13-4-2-3-5-14(13)16(15)12-29/h2-7,12H,8-11H2,1H3. The van der Waals surface area contributed by atoms with Gasteiger partial charge in [0.05, 0.1) is 0 Å². The van der Waals surface area contributed by atoms with Gasteiger partial charge in [0.1, 0.15) is 0 Å². The molecule has 0 amide bonds. The van der Waals surface area contributed by atoms with Crippen molar-refractivity contribution in [1.29, 1.82) is 0 Å². The Morgan fingerprint density at radius 2 is 1.69 bits per heavy atom. The van der Waals surface area contributed by atoms with Crippen LogP contribution in [0.2, 0.25) is 0 Å². The van der Waals surface area contributed by atoms with Gasteiger partial charge in [-0.05, 0) is 23.9 Å². The Morgan fingerprint density at radius 1 is 0.966 bits per heavy atom. The second-order valence-corrected chi connectivity index (χ2v) is 9.22. The maximum atomic E-state index is 12.0. The highest BCUT2D eigenvalue weighted by molar-refractivity contribution is 6.66. The van der Waals surface area contributed by atoms with E-state index in [1.54, 1.807) is 0 Å². The zero-order chi connectivity index (χ0) is 20.6. The minimum Gasteiger partial charge on any atom is -0.338 e. The maximum absolute atomic E-state index is 12.0. The van der Waals surface area contributed by atoms with Gasteiger partial charge < -0.3 is 9.80 Å². The number of fused-ring (bicyclic) bond motifs is 1. The van der Waals surface area contributed by atoms with Crippen molar-refractivity contribution < 1.29 is 4.79 Å². The molecule has 0 spiro atoms. The van der Waals surface area contributed by atoms with Gasteiger partial charge in [0.15, 0.2) is 17.9 Å². The number of likely N-dealkylation sites (N-methyl/N-ethyl adjacent to an activating group) is 1. The molecule has 2 aromatic carbocycles. The molecule has 2 heterocycles. The first-order valence-electron chi connectivity index (χ1n) is 9.11. The van der Waals surface area contributed by atoms with Gasteiger partial charge in [-0.3, -0.25) is 4.79 Å². The third kappa shape index (κ3) is 4.16. The smallest absolute Gasteiger partial charge is 0.250 e. The second kappa shape index (κ2) is 8.03. The van der Waals surface area contributed by atoms with E-state index in [1.807, 2.05) is 41.3 Å². The number of benzene rings is 2. The number of halogens is 3. The summed E-state index contributed by atoms with van der Waals surface area (Å²) in [4.78, 5) is 29.6. The highest BCUT2D eigenvalue weighted by Gasteiger charge is 2.30. The molecule has 1 aliphatic heterocycles. The molecule has 0 atom stereocenters. The van der Waals surface area contributed by atoms with Gasteiger partial charge >= 0.3 is 0 Å². The van der Waals surface area contributed by atoms with Crippen molar-refractivity contribution in [3.63, 3.8) is 0 Å². The predicted molar refractivity (Wildman–Crippen MR) is 117 cm³/mol. The SMILES string of the molecule is CN1CCN(c2nc(-c3ccc4ccccc4c3C=O)nc(C(Cl)(Cl)Cl)n2)CC1. The van der Waals surface area contributed by atoms with E-state index in [-0.39, 0.29) is 5.82 Å². The number of aromatic nitrogens is 3. The lowest BCUT2D eigenvalue weighted by Crippen LogP contribution is -2.45. The van der Waals surface area contributed by atoms with Crippen LogP contribution < -0.4 is 4.90 Å². The van der Waals surface area contributed by atoms with E-state index in [0.29, 0.717) is 22.9 Å². The van der Waals surface area contributed by atoms with Crippen molar-refractivity contribution in [1.82, 2.24) is 19.9 Å². The molecule has 29 heavy (non-hydrogen) atoms. The fourth-order valence-corrected chi connectivity index (χ4v) is 3.63. The van der Waals surface area contributed by atoms with Crippen molar-refractivity contribution >= 4 is 57.8 Å². The lowest BCUT2D eigenvalue weighted by molar-refractivity contribution is 0.112. The van der Waals surface area contributed by atoms with Crippen LogP contribution in [0.4, 0.5) is 5.95 Å². The molecule has 1 saturated heterocycles. The Hall–Kier alpha value is -1.99. The normalized spacial score (nSPS) is 15.7. The zero-order valence-electron chi connectivity index (χ0n) is 15.6. The first-order valence-corrected chi connectivity index (χ1v) is 10.2. The van der Waals surface area contributed by atoms with E-state index in [1.165, 1.54) is 0 Å². The molecule has 0 aliphatic carbocycles. The Bertz CT molecular complexity index is 1060. The number of piperazine rings is 1. The summed E-state index contributed by atoms with van der Waals surface area (Å²) in [5, 5.41) is 1.77. The van der Waals surface area contributed by atoms with Crippen LogP contribution in [0.5, 0.6) is 0 Å². The van der Waals surface area contributed by atoms with Crippen molar-refractivity contribution in [3.05, 3.63) is 47.8 Å². The summed E-state index contributed by atoms with van der Waals surface area (Å²) < 4.78 is -1.81. The third-order valence-corrected chi connectivity index (χ3v) is 5.50. The topological polar surface area (TPSA) is 62.2 Å². The van der Waals surface area contributed by atoms with Crippen LogP contribution in [0.15, 0.2) is 36.4 Å². The largest absolute Gasteiger partial charge is 0.338 e. The predicted octanol–water partition coefficient (Wildman–Crippen LogP) is 4.08. The van der Waals surface area contributed by atoms with Crippen LogP contribution in [0, 0.1) is 0 Å². The number of hydrogen-bond donors (Lipinski definition) is 0. The van der Waals surface area contributed by atoms with Gasteiger partial charge in [0.2, 0.25) is 9.74 Å². The van der Waals surface area contributed by atoms with Gasteiger partial charge in [-0.25, -0.2) is 4.98 Å². The Labute approximate surface area is 183 Å². The van der Waals surface area contributed by atoms with Crippen molar-refractivity contribution in [2.24, 2.45) is 0 Å². The molecular weight excluding hydrogens is 433 g/mol. The summed E-state index contributed by atoms with van der Waals surface area (Å²) in [6.45, 7) is 3.24. The Balaban J connectivity index is 1.88. The van der Waals surface area contributed by atoms with E-state index in [9.17, 15) is 4.79 Å². The van der Waals surface area contributed by atoms with Crippen molar-refractivity contribution in [2.75, 3.05) is 38.1 Å². The van der Waals surface area contributed by atoms with Crippen LogP contribution in [0.1, 0.15) is 16.2 Å². The molecule has 6 nitrogen and oxygen atoms in total. The number of hydrogen-bond acceptors (Lipinski definition) is 6. The van der Waals surface area contributed by atoms with Gasteiger partial charge in [-0.1, -0.05) is 65.1 Å². The molecule has 0 radical (unpaired) electrons. The lowest BCUT2D eigenvalue weighted by Gasteiger charge is -2.32. The third-order valence-electron chi connectivity index (χ3n) is 4.99. The molecule has 0 unspecified atom stereocenters. The van der Waals surface area contributed by atoms with E-state index in [2.05, 4.69) is 26.9 Å². The molecule has 1 aliphatic rings. The lowest BCUT2D eigenvalue weighted by atomic mass is 9.99. The molecule has 3 aromatic rings. The number of aldehydes is 1. The van der Waals surface area contributed by atoms with E-state index >= 15 is 0 Å². The van der Waals surface area contributed by atoms with Crippen molar-refractivity contribution in [3.8, 4) is 11.4 Å². The minimum atomic E-state index is -1.81. The summed E-state index contributed by atoms with van der Waals surface area (Å²) in [5.74, 6) is 0.781. The average Bonchev–Trinajstić information content (AvgIpc) is 2.72. The summed E-state index contributed by atoms with van der Waals surface area (Å²) in [5.41, 5.74) is 1.07. The molecule has 1 aromatic heterocycles. The molecular formula is C20H18Cl3N5O. The fraction of sp³-hybridized carbons (Fsp3) is 0.300. The van der Waals surface area contributed by atoms with Crippen LogP contribution in [0.25, 0.3) is 22.2 Å². The molecule has 1 fully saturated rings. The van der Waals surface area contributed by atoms with E-state index in [4.69, 9.17) is 34.8 Å². The van der Waals surface area contributed by atoms with Crippen LogP contribution >= 0.6 is 34.8 Å². The molecule has 0 saturated carbocycles. The van der Waals surface area contributed by atoms with Crippen LogP contribution in [-0.2, 0) is 3.79 Å². The summed E-state index contributed by atoms with van der Waals surface area (Å²) in [6, 6.07) is 11.4. The van der Waals surface area contributed by atoms with Gasteiger partial charge in [-0.15, -0.1) is 0 Å². The quantitative estimate of drug-likeness (QED) is 0.442. The fourth-order valence-electron chi connectivity index (χ4n) is 3.38. The molecule has 4 rings (SSSR count). The van der Waals surface area contributed by atoms with Gasteiger partial charge in [0, 0.05) is 37.3 Å². The van der Waals surface area contributed by atoms with E-state index < -0.39 is 3.79 Å². The maximum Gasteiger partial charge on any atom is 0.250 e. The molecule has 0 N–H and O–H groups in total. The first-order chi connectivity index (χ1) is 13.9. The number of alkyl halides is 3. The Morgan fingerprint density at radius 3 is 2.38 bits per heavy atom. The highest BCUT2D eigenvalue weighted by Crippen LogP contribution is 2.38. The summed E-state index contributed by atoms with van der Waals surface area (Å²) in [6.07, 6.45) is 0.812. The summed E-state index contributed by atoms with van der Waals surface area (Å²) >= 11 is 18.3. The molecule has 9 heteroatoms. The summed E-state index contributed by atoms with van der Waals surface area (Å²) in [7, 11) is 2.06. The molecule has 150 valence electrons. The van der Waals surface area contributed by atoms with Gasteiger partial charge in [-0.2, -0.15) is 9.97 Å². The number of nitrogens with zero attached hydrogens (tertiary/aromatic N) is 5. The average molecular weight is 451 g/mol.